The van der Waals surface area contributed by atoms with Crippen LogP contribution in [0.1, 0.15) is 0 Å². The van der Waals surface area contributed by atoms with Crippen LogP contribution in [0.15, 0.2) is 0 Å². The molecule has 0 aliphatic heterocycles. The maximum atomic E-state index is 0. The van der Waals surface area contributed by atoms with Crippen LogP contribution in [0.3, 0.4) is 0 Å². The number of rotatable bonds is 0. The van der Waals surface area contributed by atoms with Gasteiger partial charge in [-0.05, 0) is 0 Å². The summed E-state index contributed by atoms with van der Waals surface area (Å²) in [5, 5.41) is 0. The van der Waals surface area contributed by atoms with Crippen LogP contribution >= 0.6 is 0 Å². The summed E-state index contributed by atoms with van der Waals surface area (Å²) >= 11 is 0. The molecular formula is CeO2Sm+2. The average Bonchev–Trinajstić information content (AvgIpc) is 0. The molecule has 4 heteroatoms. The number of hydrogen-bond acceptors (Lipinski definition) is 0. The van der Waals surface area contributed by atoms with Crippen LogP contribution < -0.4 is 0 Å². The van der Waals surface area contributed by atoms with Crippen molar-refractivity contribution in [1.82, 2.24) is 0 Å². The van der Waals surface area contributed by atoms with Gasteiger partial charge in [0.25, 0.3) is 0 Å². The smallest absolute Gasteiger partial charge is 2.00 e. The Balaban J connectivity index is 0. The van der Waals surface area contributed by atoms with E-state index in [0.717, 1.165) is 0 Å². The van der Waals surface area contributed by atoms with E-state index in [4.69, 9.17) is 0 Å². The van der Waals surface area contributed by atoms with Gasteiger partial charge in [-0.15, -0.1) is 0 Å². The fourth-order valence-corrected chi connectivity index (χ4v) is 0. The van der Waals surface area contributed by atoms with Gasteiger partial charge in [-0.25, -0.2) is 0 Å². The van der Waals surface area contributed by atoms with E-state index < -0.39 is 0 Å². The first kappa shape index (κ1) is 30.3. The predicted octanol–water partition coefficient (Wildman–Crippen LogP) is -0.238. The molecule has 20 valence electrons. The van der Waals surface area contributed by atoms with Crippen molar-refractivity contribution in [2.24, 2.45) is 0 Å². The molecule has 0 saturated carbocycles. The molecule has 0 saturated heterocycles. The molecule has 4 heavy (non-hydrogen) atoms. The molecule has 0 aromatic heterocycles. The van der Waals surface area contributed by atoms with Crippen LogP contribution in [0.25, 0.3) is 0 Å². The summed E-state index contributed by atoms with van der Waals surface area (Å²) in [4.78, 5) is 0. The zero-order chi connectivity index (χ0) is 0. The van der Waals surface area contributed by atoms with Gasteiger partial charge in [-0.1, -0.05) is 0 Å². The van der Waals surface area contributed by atoms with Crippen molar-refractivity contribution in [2.75, 3.05) is 0 Å². The van der Waals surface area contributed by atoms with E-state index in [-0.39, 0.29) is 93.1 Å². The van der Waals surface area contributed by atoms with Gasteiger partial charge >= 0.3 is 82.1 Å². The Hall–Kier alpha value is 2.63. The van der Waals surface area contributed by atoms with Crippen LogP contribution in [-0.4, -0.2) is 0 Å². The SMILES string of the molecule is [Ce+3].[O-2].[O-2].[Sm+3]. The number of hydrogen-bond donors (Lipinski definition) is 0. The Morgan fingerprint density at radius 1 is 0.750 bits per heavy atom. The maximum Gasteiger partial charge on any atom is 3.00 e. The topological polar surface area (TPSA) is 57.0 Å². The average molecular weight is 322 g/mol. The Labute approximate surface area is 90.8 Å². The monoisotopic (exact) mass is 324 g/mol. The van der Waals surface area contributed by atoms with Crippen molar-refractivity contribution < 1.29 is 93.1 Å². The minimum Gasteiger partial charge on any atom is -2.00 e. The third kappa shape index (κ3) is 8.82. The maximum absolute atomic E-state index is 0. The van der Waals surface area contributed by atoms with E-state index in [1.165, 1.54) is 0 Å². The fraction of sp³-hybridized carbons (Fsp3) is 0. The van der Waals surface area contributed by atoms with Gasteiger partial charge in [-0.2, -0.15) is 0 Å². The van der Waals surface area contributed by atoms with Crippen LogP contribution in [0.5, 0.6) is 0 Å². The molecule has 0 fully saturated rings. The summed E-state index contributed by atoms with van der Waals surface area (Å²) < 4.78 is 0. The van der Waals surface area contributed by atoms with Gasteiger partial charge in [-0.3, -0.25) is 0 Å². The molecule has 0 aromatic rings. The van der Waals surface area contributed by atoms with Crippen molar-refractivity contribution in [3.63, 3.8) is 0 Å². The third-order valence-electron chi connectivity index (χ3n) is 0. The van der Waals surface area contributed by atoms with Gasteiger partial charge in [0.2, 0.25) is 0 Å². The molecule has 0 spiro atoms. The molecular weight excluding hydrogens is 322 g/mol. The summed E-state index contributed by atoms with van der Waals surface area (Å²) in [7, 11) is 0. The summed E-state index contributed by atoms with van der Waals surface area (Å²) in [6.07, 6.45) is 0. The zero-order valence-electron chi connectivity index (χ0n) is 1.72. The molecule has 0 aliphatic carbocycles. The summed E-state index contributed by atoms with van der Waals surface area (Å²) in [5.41, 5.74) is 0. The standard InChI is InChI=1S/Ce.2O.Sm/q+3;2*-2;+3. The van der Waals surface area contributed by atoms with E-state index in [0.29, 0.717) is 0 Å². The van der Waals surface area contributed by atoms with E-state index in [1.54, 1.807) is 0 Å². The van der Waals surface area contributed by atoms with Crippen molar-refractivity contribution in [1.29, 1.82) is 0 Å². The first-order chi connectivity index (χ1) is 0. The largest absolute Gasteiger partial charge is 3.00 e. The molecule has 0 unspecified atom stereocenters. The first-order valence-electron chi connectivity index (χ1n) is 0. The zero-order valence-corrected chi connectivity index (χ0v) is 7.48. The third-order valence-corrected chi connectivity index (χ3v) is 0. The summed E-state index contributed by atoms with van der Waals surface area (Å²) in [6, 6.07) is 0. The molecule has 0 N–H and O–H groups in total. The molecule has 0 bridgehead atoms. The van der Waals surface area contributed by atoms with Crippen molar-refractivity contribution in [3.05, 3.63) is 0 Å². The first-order valence-corrected chi connectivity index (χ1v) is 0. The quantitative estimate of drug-likeness (QED) is 0.591. The van der Waals surface area contributed by atoms with Crippen LogP contribution in [0.2, 0.25) is 0 Å². The molecule has 0 aliphatic rings. The second-order valence-electron chi connectivity index (χ2n) is 0. The Bertz CT molecular complexity index is 6.00. The van der Waals surface area contributed by atoms with Gasteiger partial charge in [0.1, 0.15) is 0 Å². The van der Waals surface area contributed by atoms with Gasteiger partial charge in [0.15, 0.2) is 0 Å². The minimum absolute atomic E-state index is 0. The van der Waals surface area contributed by atoms with E-state index in [9.17, 15) is 0 Å². The molecule has 0 heterocycles. The molecule has 2 nitrogen and oxygen atoms in total. The van der Waals surface area contributed by atoms with Crippen LogP contribution in [0, 0.1) is 82.1 Å². The molecule has 0 atom stereocenters. The predicted molar refractivity (Wildman–Crippen MR) is 1.37 cm³/mol. The van der Waals surface area contributed by atoms with Crippen molar-refractivity contribution >= 4 is 0 Å². The molecule has 0 rings (SSSR count). The Morgan fingerprint density at radius 3 is 0.750 bits per heavy atom. The van der Waals surface area contributed by atoms with Gasteiger partial charge in [0, 0.05) is 0 Å². The van der Waals surface area contributed by atoms with Gasteiger partial charge in [0.05, 0.1) is 0 Å². The minimum atomic E-state index is 0. The van der Waals surface area contributed by atoms with Crippen molar-refractivity contribution in [3.8, 4) is 0 Å². The summed E-state index contributed by atoms with van der Waals surface area (Å²) in [6.45, 7) is 0. The van der Waals surface area contributed by atoms with Crippen LogP contribution in [-0.2, 0) is 11.0 Å². The van der Waals surface area contributed by atoms with E-state index in [2.05, 4.69) is 0 Å². The normalized spacial score (nSPS) is 0. The fourth-order valence-electron chi connectivity index (χ4n) is 0. The van der Waals surface area contributed by atoms with E-state index >= 15 is 0 Å². The second-order valence-corrected chi connectivity index (χ2v) is 0. The molecule has 0 amide bonds. The van der Waals surface area contributed by atoms with Gasteiger partial charge < -0.3 is 11.0 Å². The molecule has 2 radical (unpaired) electrons. The second kappa shape index (κ2) is 17.4. The van der Waals surface area contributed by atoms with Crippen molar-refractivity contribution in [2.45, 2.75) is 0 Å². The Morgan fingerprint density at radius 2 is 0.750 bits per heavy atom. The Kier molecular flexibility index (Phi) is 132. The van der Waals surface area contributed by atoms with E-state index in [1.807, 2.05) is 0 Å². The van der Waals surface area contributed by atoms with Crippen LogP contribution in [0.4, 0.5) is 0 Å². The molecule has 0 aromatic carbocycles. The summed E-state index contributed by atoms with van der Waals surface area (Å²) in [5.74, 6) is 0.